The molecule has 1 fully saturated rings. The Bertz CT molecular complexity index is 642. The average Bonchev–Trinajstić information content (AvgIpc) is 2.88. The summed E-state index contributed by atoms with van der Waals surface area (Å²) < 4.78 is 7.52. The number of rotatable bonds is 3. The fourth-order valence-electron chi connectivity index (χ4n) is 3.44. The van der Waals surface area contributed by atoms with E-state index in [1.54, 1.807) is 7.11 Å². The van der Waals surface area contributed by atoms with Crippen molar-refractivity contribution in [1.29, 1.82) is 0 Å². The number of ether oxygens (including phenoxy) is 1. The number of nitrogens with zero attached hydrogens (tertiary/aromatic N) is 4. The second-order valence-corrected chi connectivity index (χ2v) is 6.19. The molecule has 3 unspecified atom stereocenters. The van der Waals surface area contributed by atoms with Crippen molar-refractivity contribution in [3.8, 4) is 5.88 Å². The summed E-state index contributed by atoms with van der Waals surface area (Å²) >= 11 is 6.13. The molecule has 0 N–H and O–H groups in total. The molecule has 2 heterocycles. The van der Waals surface area contributed by atoms with E-state index in [0.29, 0.717) is 35.2 Å². The van der Waals surface area contributed by atoms with Crippen LogP contribution in [0, 0.1) is 11.8 Å². The maximum atomic E-state index is 6.13. The van der Waals surface area contributed by atoms with E-state index < -0.39 is 0 Å². The second kappa shape index (κ2) is 5.79. The van der Waals surface area contributed by atoms with Crippen molar-refractivity contribution >= 4 is 22.8 Å². The first-order chi connectivity index (χ1) is 10.2. The average molecular weight is 309 g/mol. The van der Waals surface area contributed by atoms with Crippen LogP contribution in [-0.2, 0) is 5.88 Å². The van der Waals surface area contributed by atoms with Crippen molar-refractivity contribution in [2.75, 3.05) is 7.11 Å². The monoisotopic (exact) mass is 308 g/mol. The Morgan fingerprint density at radius 1 is 1.33 bits per heavy atom. The van der Waals surface area contributed by atoms with Crippen molar-refractivity contribution in [3.63, 3.8) is 0 Å². The second-order valence-electron chi connectivity index (χ2n) is 5.92. The molecule has 1 saturated carbocycles. The van der Waals surface area contributed by atoms with Gasteiger partial charge in [-0.3, -0.25) is 0 Å². The summed E-state index contributed by atoms with van der Waals surface area (Å²) in [5.74, 6) is 3.03. The molecular formula is C15H21ClN4O. The van der Waals surface area contributed by atoms with Gasteiger partial charge in [-0.1, -0.05) is 26.7 Å². The van der Waals surface area contributed by atoms with Gasteiger partial charge in [0.05, 0.1) is 13.0 Å². The topological polar surface area (TPSA) is 52.8 Å². The lowest BCUT2D eigenvalue weighted by Gasteiger charge is -2.35. The summed E-state index contributed by atoms with van der Waals surface area (Å²) in [5, 5.41) is 0. The molecule has 2 aromatic heterocycles. The molecule has 0 aliphatic heterocycles. The van der Waals surface area contributed by atoms with Gasteiger partial charge >= 0.3 is 0 Å². The van der Waals surface area contributed by atoms with Crippen LogP contribution in [0.2, 0.25) is 0 Å². The highest BCUT2D eigenvalue weighted by Crippen LogP contribution is 2.40. The van der Waals surface area contributed by atoms with Gasteiger partial charge in [-0.2, -0.15) is 4.98 Å². The molecule has 1 aliphatic carbocycles. The van der Waals surface area contributed by atoms with Crippen LogP contribution >= 0.6 is 11.6 Å². The SMILES string of the molecule is COc1ncnc2c1nc(CCl)n2C1CCCC(C)C1C. The predicted molar refractivity (Wildman–Crippen MR) is 82.6 cm³/mol. The number of imidazole rings is 1. The van der Waals surface area contributed by atoms with Gasteiger partial charge in [0.1, 0.15) is 12.2 Å². The highest BCUT2D eigenvalue weighted by atomic mass is 35.5. The van der Waals surface area contributed by atoms with E-state index in [1.807, 2.05) is 0 Å². The zero-order valence-electron chi connectivity index (χ0n) is 12.7. The molecule has 0 saturated heterocycles. The van der Waals surface area contributed by atoms with Crippen LogP contribution in [0.15, 0.2) is 6.33 Å². The van der Waals surface area contributed by atoms with Gasteiger partial charge in [-0.15, -0.1) is 11.6 Å². The van der Waals surface area contributed by atoms with E-state index >= 15 is 0 Å². The summed E-state index contributed by atoms with van der Waals surface area (Å²) in [6.45, 7) is 4.64. The van der Waals surface area contributed by atoms with E-state index in [0.717, 1.165) is 17.9 Å². The number of aromatic nitrogens is 4. The Labute approximate surface area is 129 Å². The molecule has 6 heteroatoms. The first kappa shape index (κ1) is 14.6. The van der Waals surface area contributed by atoms with Crippen LogP contribution in [0.1, 0.15) is 45.0 Å². The first-order valence-corrected chi connectivity index (χ1v) is 8.02. The van der Waals surface area contributed by atoms with Gasteiger partial charge in [-0.25, -0.2) is 9.97 Å². The lowest BCUT2D eigenvalue weighted by Crippen LogP contribution is -2.28. The lowest BCUT2D eigenvalue weighted by atomic mass is 9.78. The van der Waals surface area contributed by atoms with Crippen LogP contribution in [0.3, 0.4) is 0 Å². The number of alkyl halides is 1. The first-order valence-electron chi connectivity index (χ1n) is 7.49. The van der Waals surface area contributed by atoms with Gasteiger partial charge in [0.2, 0.25) is 5.88 Å². The normalized spacial score (nSPS) is 26.2. The quantitative estimate of drug-likeness (QED) is 0.813. The molecule has 114 valence electrons. The van der Waals surface area contributed by atoms with E-state index in [-0.39, 0.29) is 0 Å². The third kappa shape index (κ3) is 2.37. The Morgan fingerprint density at radius 2 is 2.14 bits per heavy atom. The molecule has 3 atom stereocenters. The van der Waals surface area contributed by atoms with E-state index in [4.69, 9.17) is 16.3 Å². The molecule has 0 amide bonds. The van der Waals surface area contributed by atoms with Crippen LogP contribution < -0.4 is 4.74 Å². The van der Waals surface area contributed by atoms with Crippen LogP contribution in [0.25, 0.3) is 11.2 Å². The van der Waals surface area contributed by atoms with Crippen LogP contribution in [0.5, 0.6) is 5.88 Å². The largest absolute Gasteiger partial charge is 0.479 e. The van der Waals surface area contributed by atoms with E-state index in [2.05, 4.69) is 33.4 Å². The summed E-state index contributed by atoms with van der Waals surface area (Å²) in [6.07, 6.45) is 5.21. The van der Waals surface area contributed by atoms with Crippen molar-refractivity contribution < 1.29 is 4.74 Å². The molecule has 0 radical (unpaired) electrons. The summed E-state index contributed by atoms with van der Waals surface area (Å²) in [6, 6.07) is 0.395. The number of fused-ring (bicyclic) bond motifs is 1. The minimum absolute atomic E-state index is 0.372. The smallest absolute Gasteiger partial charge is 0.245 e. The van der Waals surface area contributed by atoms with Gasteiger partial charge in [0.15, 0.2) is 11.2 Å². The highest BCUT2D eigenvalue weighted by Gasteiger charge is 2.31. The zero-order chi connectivity index (χ0) is 15.0. The van der Waals surface area contributed by atoms with Crippen LogP contribution in [0.4, 0.5) is 0 Å². The zero-order valence-corrected chi connectivity index (χ0v) is 13.5. The Balaban J connectivity index is 2.16. The lowest BCUT2D eigenvalue weighted by molar-refractivity contribution is 0.187. The van der Waals surface area contributed by atoms with Crippen molar-refractivity contribution in [2.24, 2.45) is 11.8 Å². The maximum Gasteiger partial charge on any atom is 0.245 e. The Hall–Kier alpha value is -1.36. The molecule has 21 heavy (non-hydrogen) atoms. The van der Waals surface area contributed by atoms with Gasteiger partial charge < -0.3 is 9.30 Å². The molecule has 0 aromatic carbocycles. The number of hydrogen-bond acceptors (Lipinski definition) is 4. The fraction of sp³-hybridized carbons (Fsp3) is 0.667. The Kier molecular flexibility index (Phi) is 4.02. The molecule has 2 aromatic rings. The molecule has 0 spiro atoms. The van der Waals surface area contributed by atoms with Crippen molar-refractivity contribution in [2.45, 2.75) is 45.0 Å². The molecule has 0 bridgehead atoms. The standard InChI is InChI=1S/C15H21ClN4O/c1-9-5-4-6-11(10(9)2)20-12(7-16)19-13-14(20)17-8-18-15(13)21-3/h8-11H,4-7H2,1-3H3. The van der Waals surface area contributed by atoms with E-state index in [9.17, 15) is 0 Å². The predicted octanol–water partition coefficient (Wildman–Crippen LogP) is 3.57. The molecular weight excluding hydrogens is 288 g/mol. The Morgan fingerprint density at radius 3 is 2.86 bits per heavy atom. The highest BCUT2D eigenvalue weighted by molar-refractivity contribution is 6.16. The molecule has 1 aliphatic rings. The third-order valence-electron chi connectivity index (χ3n) is 4.82. The summed E-state index contributed by atoms with van der Waals surface area (Å²) in [7, 11) is 1.60. The number of halogens is 1. The van der Waals surface area contributed by atoms with Gasteiger partial charge in [0.25, 0.3) is 0 Å². The number of methoxy groups -OCH3 is 1. The van der Waals surface area contributed by atoms with Crippen molar-refractivity contribution in [3.05, 3.63) is 12.2 Å². The van der Waals surface area contributed by atoms with Gasteiger partial charge in [0, 0.05) is 6.04 Å². The molecule has 5 nitrogen and oxygen atoms in total. The third-order valence-corrected chi connectivity index (χ3v) is 5.06. The summed E-state index contributed by atoms with van der Waals surface area (Å²) in [5.41, 5.74) is 1.55. The van der Waals surface area contributed by atoms with Gasteiger partial charge in [-0.05, 0) is 18.3 Å². The minimum Gasteiger partial charge on any atom is -0.479 e. The summed E-state index contributed by atoms with van der Waals surface area (Å²) in [4.78, 5) is 13.2. The molecule has 3 rings (SSSR count). The van der Waals surface area contributed by atoms with Crippen LogP contribution in [-0.4, -0.2) is 26.6 Å². The fourth-order valence-corrected chi connectivity index (χ4v) is 3.63. The number of hydrogen-bond donors (Lipinski definition) is 0. The maximum absolute atomic E-state index is 6.13. The van der Waals surface area contributed by atoms with Crippen molar-refractivity contribution in [1.82, 2.24) is 19.5 Å². The minimum atomic E-state index is 0.372. The van der Waals surface area contributed by atoms with E-state index in [1.165, 1.54) is 19.2 Å².